The van der Waals surface area contributed by atoms with Crippen LogP contribution in [0.5, 0.6) is 17.2 Å². The highest BCUT2D eigenvalue weighted by Crippen LogP contribution is 2.26. The highest BCUT2D eigenvalue weighted by Gasteiger charge is 2.12. The lowest BCUT2D eigenvalue weighted by Crippen LogP contribution is -2.15. The predicted molar refractivity (Wildman–Crippen MR) is 128 cm³/mol. The van der Waals surface area contributed by atoms with Crippen LogP contribution in [0, 0.1) is 12.7 Å². The molecule has 34 heavy (non-hydrogen) atoms. The summed E-state index contributed by atoms with van der Waals surface area (Å²) in [7, 11) is 1.63. The number of halogens is 1. The Morgan fingerprint density at radius 3 is 2.21 bits per heavy atom. The van der Waals surface area contributed by atoms with Gasteiger partial charge in [0.1, 0.15) is 34.6 Å². The summed E-state index contributed by atoms with van der Waals surface area (Å²) in [5.74, 6) is 1.70. The summed E-state index contributed by atoms with van der Waals surface area (Å²) >= 11 is 0. The summed E-state index contributed by atoms with van der Waals surface area (Å²) in [6.07, 6.45) is 0. The van der Waals surface area contributed by atoms with Crippen LogP contribution in [-0.4, -0.2) is 23.0 Å². The Labute approximate surface area is 196 Å². The topological polar surface area (TPSA) is 99.4 Å². The van der Waals surface area contributed by atoms with Gasteiger partial charge in [-0.05, 0) is 78.7 Å². The highest BCUT2D eigenvalue weighted by atomic mass is 19.1. The van der Waals surface area contributed by atoms with Gasteiger partial charge in [0.2, 0.25) is 0 Å². The van der Waals surface area contributed by atoms with E-state index in [-0.39, 0.29) is 11.5 Å². The van der Waals surface area contributed by atoms with Crippen LogP contribution >= 0.6 is 0 Å². The van der Waals surface area contributed by atoms with Crippen LogP contribution in [0.4, 0.5) is 10.2 Å². The first-order valence-electron chi connectivity index (χ1n) is 10.5. The monoisotopic (exact) mass is 458 g/mol. The number of hydrogen-bond acceptors (Lipinski definition) is 6. The standard InChI is InChI=1S/C26H23FN4O3/c1-16-13-22(33-2)10-5-18(16)15-29-24-14-23(25(28)32)30-26(31-24)17-3-8-20(9-4-17)34-21-11-6-19(27)7-12-21/h3-14H,15H2,1-2H3,(H2,28,32)(H,29,30,31). The van der Waals surface area contributed by atoms with Gasteiger partial charge in [-0.1, -0.05) is 6.07 Å². The zero-order valence-corrected chi connectivity index (χ0v) is 18.7. The number of aromatic nitrogens is 2. The fourth-order valence-electron chi connectivity index (χ4n) is 3.28. The molecule has 0 spiro atoms. The van der Waals surface area contributed by atoms with Crippen molar-refractivity contribution in [2.45, 2.75) is 13.5 Å². The van der Waals surface area contributed by atoms with Crippen LogP contribution in [0.3, 0.4) is 0 Å². The first kappa shape index (κ1) is 22.7. The zero-order valence-electron chi connectivity index (χ0n) is 18.7. The summed E-state index contributed by atoms with van der Waals surface area (Å²) in [5.41, 5.74) is 8.40. The number of nitrogens with zero attached hydrogens (tertiary/aromatic N) is 2. The van der Waals surface area contributed by atoms with E-state index in [1.54, 1.807) is 43.5 Å². The second-order valence-corrected chi connectivity index (χ2v) is 7.55. The molecule has 172 valence electrons. The van der Waals surface area contributed by atoms with Crippen LogP contribution < -0.4 is 20.5 Å². The van der Waals surface area contributed by atoms with Crippen LogP contribution in [0.2, 0.25) is 0 Å². The Hall–Kier alpha value is -4.46. The largest absolute Gasteiger partial charge is 0.497 e. The summed E-state index contributed by atoms with van der Waals surface area (Å²) in [5, 5.41) is 3.24. The number of benzene rings is 3. The quantitative estimate of drug-likeness (QED) is 0.381. The molecule has 4 rings (SSSR count). The number of nitrogens with one attached hydrogen (secondary N) is 1. The molecule has 0 fully saturated rings. The smallest absolute Gasteiger partial charge is 0.267 e. The van der Waals surface area contributed by atoms with E-state index in [1.165, 1.54) is 18.2 Å². The van der Waals surface area contributed by atoms with Crippen molar-refractivity contribution in [1.82, 2.24) is 9.97 Å². The number of anilines is 1. The summed E-state index contributed by atoms with van der Waals surface area (Å²) in [6.45, 7) is 2.49. The normalized spacial score (nSPS) is 10.6. The molecule has 3 aromatic carbocycles. The minimum Gasteiger partial charge on any atom is -0.497 e. The lowest BCUT2D eigenvalue weighted by Gasteiger charge is -2.12. The number of hydrogen-bond donors (Lipinski definition) is 2. The Kier molecular flexibility index (Phi) is 6.68. The molecule has 0 aliphatic carbocycles. The lowest BCUT2D eigenvalue weighted by atomic mass is 10.1. The molecule has 1 amide bonds. The van der Waals surface area contributed by atoms with E-state index in [4.69, 9.17) is 15.2 Å². The highest BCUT2D eigenvalue weighted by molar-refractivity contribution is 5.92. The molecule has 7 nitrogen and oxygen atoms in total. The molecule has 3 N–H and O–H groups in total. The van der Waals surface area contributed by atoms with Crippen LogP contribution in [0.25, 0.3) is 11.4 Å². The second-order valence-electron chi connectivity index (χ2n) is 7.55. The van der Waals surface area contributed by atoms with Crippen molar-refractivity contribution in [3.63, 3.8) is 0 Å². The minimum absolute atomic E-state index is 0.102. The van der Waals surface area contributed by atoms with E-state index < -0.39 is 5.91 Å². The van der Waals surface area contributed by atoms with Gasteiger partial charge >= 0.3 is 0 Å². The number of primary amides is 1. The maximum absolute atomic E-state index is 13.1. The molecule has 0 atom stereocenters. The number of carbonyl (C=O) groups is 1. The maximum atomic E-state index is 13.1. The van der Waals surface area contributed by atoms with Crippen molar-refractivity contribution in [3.8, 4) is 28.6 Å². The average molecular weight is 458 g/mol. The van der Waals surface area contributed by atoms with Crippen LogP contribution in [0.1, 0.15) is 21.6 Å². The Morgan fingerprint density at radius 2 is 1.59 bits per heavy atom. The van der Waals surface area contributed by atoms with E-state index in [1.807, 2.05) is 25.1 Å². The molecular weight excluding hydrogens is 435 g/mol. The van der Waals surface area contributed by atoms with Crippen molar-refractivity contribution in [3.05, 3.63) is 95.4 Å². The molecule has 0 unspecified atom stereocenters. The minimum atomic E-state index is -0.649. The van der Waals surface area contributed by atoms with E-state index in [0.717, 1.165) is 16.9 Å². The van der Waals surface area contributed by atoms with Gasteiger partial charge in [-0.25, -0.2) is 14.4 Å². The van der Waals surface area contributed by atoms with Gasteiger partial charge in [0.25, 0.3) is 5.91 Å². The van der Waals surface area contributed by atoms with Crippen molar-refractivity contribution in [1.29, 1.82) is 0 Å². The van der Waals surface area contributed by atoms with Gasteiger partial charge in [0, 0.05) is 18.2 Å². The number of amides is 1. The number of aryl methyl sites for hydroxylation is 1. The second kappa shape index (κ2) is 9.99. The van der Waals surface area contributed by atoms with Gasteiger partial charge < -0.3 is 20.5 Å². The van der Waals surface area contributed by atoms with Crippen LogP contribution in [0.15, 0.2) is 72.8 Å². The summed E-state index contributed by atoms with van der Waals surface area (Å²) in [4.78, 5) is 20.7. The third kappa shape index (κ3) is 5.47. The Balaban J connectivity index is 1.54. The van der Waals surface area contributed by atoms with Gasteiger partial charge in [-0.2, -0.15) is 0 Å². The number of nitrogens with two attached hydrogens (primary N) is 1. The van der Waals surface area contributed by atoms with Gasteiger partial charge in [0.05, 0.1) is 7.11 Å². The molecule has 8 heteroatoms. The molecule has 1 aromatic heterocycles. The molecule has 0 aliphatic rings. The molecule has 1 heterocycles. The number of rotatable bonds is 8. The van der Waals surface area contributed by atoms with E-state index in [2.05, 4.69) is 15.3 Å². The number of carbonyl (C=O) groups excluding carboxylic acids is 1. The van der Waals surface area contributed by atoms with Crippen molar-refractivity contribution in [2.75, 3.05) is 12.4 Å². The zero-order chi connectivity index (χ0) is 24.1. The van der Waals surface area contributed by atoms with Crippen molar-refractivity contribution in [2.24, 2.45) is 5.73 Å². The number of methoxy groups -OCH3 is 1. The SMILES string of the molecule is COc1ccc(CNc2cc(C(N)=O)nc(-c3ccc(Oc4ccc(F)cc4)cc3)n2)c(C)c1. The first-order valence-corrected chi connectivity index (χ1v) is 10.5. The van der Waals surface area contributed by atoms with E-state index in [0.29, 0.717) is 35.2 Å². The van der Waals surface area contributed by atoms with E-state index >= 15 is 0 Å². The third-order valence-corrected chi connectivity index (χ3v) is 5.15. The average Bonchev–Trinajstić information content (AvgIpc) is 2.85. The fraction of sp³-hybridized carbons (Fsp3) is 0.115. The fourth-order valence-corrected chi connectivity index (χ4v) is 3.28. The summed E-state index contributed by atoms with van der Waals surface area (Å²) < 4.78 is 24.0. The van der Waals surface area contributed by atoms with E-state index in [9.17, 15) is 9.18 Å². The predicted octanol–water partition coefficient (Wildman–Crippen LogP) is 5.10. The van der Waals surface area contributed by atoms with Gasteiger partial charge in [-0.15, -0.1) is 0 Å². The molecule has 0 bridgehead atoms. The van der Waals surface area contributed by atoms with Gasteiger partial charge in [0.15, 0.2) is 5.82 Å². The molecule has 0 aliphatic heterocycles. The van der Waals surface area contributed by atoms with Crippen molar-refractivity contribution >= 4 is 11.7 Å². The Bertz CT molecular complexity index is 1310. The molecule has 0 saturated carbocycles. The molecular formula is C26H23FN4O3. The molecule has 4 aromatic rings. The number of ether oxygens (including phenoxy) is 2. The first-order chi connectivity index (χ1) is 16.4. The third-order valence-electron chi connectivity index (χ3n) is 5.15. The summed E-state index contributed by atoms with van der Waals surface area (Å²) in [6, 6.07) is 20.1. The van der Waals surface area contributed by atoms with Gasteiger partial charge in [-0.3, -0.25) is 4.79 Å². The maximum Gasteiger partial charge on any atom is 0.267 e. The van der Waals surface area contributed by atoms with Crippen LogP contribution in [-0.2, 0) is 6.54 Å². The molecule has 0 saturated heterocycles. The molecule has 0 radical (unpaired) electrons. The Morgan fingerprint density at radius 1 is 0.941 bits per heavy atom. The van der Waals surface area contributed by atoms with Crippen molar-refractivity contribution < 1.29 is 18.7 Å². The lowest BCUT2D eigenvalue weighted by molar-refractivity contribution is 0.0995.